The quantitative estimate of drug-likeness (QED) is 0.485. The predicted octanol–water partition coefficient (Wildman–Crippen LogP) is 3.28. The average molecular weight is 544 g/mol. The van der Waals surface area contributed by atoms with E-state index < -0.39 is 35.8 Å². The van der Waals surface area contributed by atoms with Gasteiger partial charge in [0.15, 0.2) is 0 Å². The molecule has 0 aliphatic carbocycles. The fraction of sp³-hybridized carbons (Fsp3) is 0.233. The smallest absolute Gasteiger partial charge is 0.333 e. The zero-order valence-corrected chi connectivity index (χ0v) is 21.5. The van der Waals surface area contributed by atoms with Crippen LogP contribution in [-0.2, 0) is 22.7 Å². The molecule has 2 fully saturated rings. The van der Waals surface area contributed by atoms with E-state index in [0.717, 1.165) is 17.7 Å². The Labute approximate surface area is 230 Å². The third kappa shape index (κ3) is 5.37. The van der Waals surface area contributed by atoms with E-state index >= 15 is 0 Å². The van der Waals surface area contributed by atoms with E-state index in [1.165, 1.54) is 25.9 Å². The number of halogens is 2. The molecule has 3 aromatic rings. The van der Waals surface area contributed by atoms with Crippen LogP contribution in [0.15, 0.2) is 78.9 Å². The molecule has 2 aliphatic heterocycles. The average Bonchev–Trinajstić information content (AvgIpc) is 2.95. The first-order valence-electron chi connectivity index (χ1n) is 12.8. The van der Waals surface area contributed by atoms with Crippen LogP contribution in [0.2, 0.25) is 0 Å². The Balaban J connectivity index is 1.52. The number of hydrogen-bond donors (Lipinski definition) is 1. The number of amides is 4. The number of benzene rings is 3. The Morgan fingerprint density at radius 2 is 1.70 bits per heavy atom. The topological polar surface area (TPSA) is 76.2 Å². The summed E-state index contributed by atoms with van der Waals surface area (Å²) in [5.74, 6) is 0.160. The van der Waals surface area contributed by atoms with E-state index in [1.54, 1.807) is 30.3 Å². The molecule has 4 amide bonds. The molecule has 40 heavy (non-hydrogen) atoms. The van der Waals surface area contributed by atoms with Crippen LogP contribution in [0.4, 0.5) is 13.6 Å². The lowest BCUT2D eigenvalue weighted by Crippen LogP contribution is -2.74. The van der Waals surface area contributed by atoms with E-state index in [9.17, 15) is 23.2 Å². The van der Waals surface area contributed by atoms with Crippen molar-refractivity contribution in [2.24, 2.45) is 0 Å². The number of rotatable bonds is 6. The molecule has 1 N–H and O–H groups in total. The minimum Gasteiger partial charge on any atom is -0.333 e. The lowest BCUT2D eigenvalue weighted by atomic mass is 9.98. The number of carbonyl (C=O) groups is 3. The Hall–Kier alpha value is -4.75. The van der Waals surface area contributed by atoms with Crippen molar-refractivity contribution >= 4 is 17.8 Å². The number of nitrogens with zero attached hydrogens (tertiary/aromatic N) is 4. The van der Waals surface area contributed by atoms with Crippen molar-refractivity contribution in [3.63, 3.8) is 0 Å². The van der Waals surface area contributed by atoms with Crippen LogP contribution in [0.25, 0.3) is 0 Å². The molecule has 3 aromatic carbocycles. The molecule has 2 atom stereocenters. The maximum atomic E-state index is 14.6. The van der Waals surface area contributed by atoms with Gasteiger partial charge in [-0.25, -0.2) is 18.6 Å². The third-order valence-electron chi connectivity index (χ3n) is 6.98. The monoisotopic (exact) mass is 543 g/mol. The largest absolute Gasteiger partial charge is 0.334 e. The molecule has 2 aliphatic rings. The van der Waals surface area contributed by atoms with Gasteiger partial charge < -0.3 is 15.1 Å². The van der Waals surface area contributed by atoms with Crippen molar-refractivity contribution in [2.45, 2.75) is 25.3 Å². The predicted molar refractivity (Wildman–Crippen MR) is 143 cm³/mol. The maximum absolute atomic E-state index is 14.6. The molecule has 0 spiro atoms. The van der Waals surface area contributed by atoms with Gasteiger partial charge in [0.25, 0.3) is 5.91 Å². The second-order valence-corrected chi connectivity index (χ2v) is 9.57. The molecule has 0 radical (unpaired) electrons. The molecule has 10 heteroatoms. The van der Waals surface area contributed by atoms with Gasteiger partial charge in [0, 0.05) is 24.7 Å². The van der Waals surface area contributed by atoms with Crippen LogP contribution in [0.1, 0.15) is 22.7 Å². The molecule has 8 nitrogen and oxygen atoms in total. The number of carbonyl (C=O) groups excluding carboxylic acids is 3. The Bertz CT molecular complexity index is 1450. The highest BCUT2D eigenvalue weighted by Crippen LogP contribution is 2.35. The summed E-state index contributed by atoms with van der Waals surface area (Å²) in [7, 11) is 0. The number of terminal acetylenes is 1. The Morgan fingerprint density at radius 1 is 1.00 bits per heavy atom. The number of fused-ring (bicyclic) bond motifs is 1. The van der Waals surface area contributed by atoms with E-state index in [-0.39, 0.29) is 44.2 Å². The van der Waals surface area contributed by atoms with Gasteiger partial charge in [0.1, 0.15) is 23.8 Å². The molecule has 0 unspecified atom stereocenters. The lowest BCUT2D eigenvalue weighted by Gasteiger charge is -2.54. The summed E-state index contributed by atoms with van der Waals surface area (Å²) in [5, 5.41) is 5.73. The minimum absolute atomic E-state index is 0.0224. The van der Waals surface area contributed by atoms with Gasteiger partial charge in [-0.1, -0.05) is 72.7 Å². The first kappa shape index (κ1) is 26.8. The summed E-state index contributed by atoms with van der Waals surface area (Å²) >= 11 is 0. The highest BCUT2D eigenvalue weighted by molar-refractivity contribution is 5.92. The molecule has 2 heterocycles. The number of piperazine rings is 1. The summed E-state index contributed by atoms with van der Waals surface area (Å²) in [6, 6.07) is 19.7. The number of nitrogens with one attached hydrogen (secondary N) is 1. The van der Waals surface area contributed by atoms with Crippen LogP contribution in [0.5, 0.6) is 0 Å². The summed E-state index contributed by atoms with van der Waals surface area (Å²) in [6.07, 6.45) is 4.65. The first-order chi connectivity index (χ1) is 19.4. The van der Waals surface area contributed by atoms with Crippen molar-refractivity contribution in [3.8, 4) is 12.3 Å². The molecule has 5 rings (SSSR count). The molecule has 0 saturated carbocycles. The number of hydrazine groups is 1. The van der Waals surface area contributed by atoms with Gasteiger partial charge in [-0.2, -0.15) is 5.01 Å². The van der Waals surface area contributed by atoms with Crippen molar-refractivity contribution in [3.05, 3.63) is 107 Å². The van der Waals surface area contributed by atoms with Gasteiger partial charge in [0.05, 0.1) is 19.6 Å². The van der Waals surface area contributed by atoms with E-state index in [4.69, 9.17) is 6.42 Å². The molecular formula is C30H27F2N5O3. The highest BCUT2D eigenvalue weighted by Gasteiger charge is 2.51. The van der Waals surface area contributed by atoms with Gasteiger partial charge in [-0.3, -0.25) is 9.59 Å². The molecular weight excluding hydrogens is 516 g/mol. The Morgan fingerprint density at radius 3 is 2.38 bits per heavy atom. The zero-order valence-electron chi connectivity index (χ0n) is 21.5. The molecule has 0 aromatic heterocycles. The molecule has 2 saturated heterocycles. The highest BCUT2D eigenvalue weighted by atomic mass is 19.1. The SMILES string of the molecule is C#CCN1CC(=O)N2[C@@H](c3ccccc3)C(=O)N(Cc3ccc(F)cc3F)C[C@@H]2N1C(=O)NCc1ccccc1. The van der Waals surface area contributed by atoms with Gasteiger partial charge >= 0.3 is 6.03 Å². The Kier molecular flexibility index (Phi) is 7.75. The fourth-order valence-corrected chi connectivity index (χ4v) is 5.14. The van der Waals surface area contributed by atoms with E-state index in [1.807, 2.05) is 30.3 Å². The van der Waals surface area contributed by atoms with Crippen LogP contribution in [0.3, 0.4) is 0 Å². The van der Waals surface area contributed by atoms with Crippen LogP contribution >= 0.6 is 0 Å². The lowest BCUT2D eigenvalue weighted by molar-refractivity contribution is -0.190. The summed E-state index contributed by atoms with van der Waals surface area (Å²) in [4.78, 5) is 43.9. The van der Waals surface area contributed by atoms with Gasteiger partial charge in [-0.05, 0) is 17.2 Å². The van der Waals surface area contributed by atoms with Crippen molar-refractivity contribution in [1.82, 2.24) is 25.1 Å². The van der Waals surface area contributed by atoms with Crippen molar-refractivity contribution < 1.29 is 23.2 Å². The van der Waals surface area contributed by atoms with Gasteiger partial charge in [-0.15, -0.1) is 6.42 Å². The zero-order chi connectivity index (χ0) is 28.2. The van der Waals surface area contributed by atoms with E-state index in [0.29, 0.717) is 5.56 Å². The summed E-state index contributed by atoms with van der Waals surface area (Å²) < 4.78 is 28.2. The first-order valence-corrected chi connectivity index (χ1v) is 12.8. The molecule has 0 bridgehead atoms. The number of hydrogen-bond acceptors (Lipinski definition) is 4. The third-order valence-corrected chi connectivity index (χ3v) is 6.98. The van der Waals surface area contributed by atoms with Crippen molar-refractivity contribution in [2.75, 3.05) is 19.6 Å². The number of urea groups is 1. The second kappa shape index (κ2) is 11.6. The van der Waals surface area contributed by atoms with Crippen LogP contribution < -0.4 is 5.32 Å². The second-order valence-electron chi connectivity index (χ2n) is 9.57. The maximum Gasteiger partial charge on any atom is 0.334 e. The van der Waals surface area contributed by atoms with Crippen molar-refractivity contribution in [1.29, 1.82) is 0 Å². The van der Waals surface area contributed by atoms with E-state index in [2.05, 4.69) is 11.2 Å². The standard InChI is InChI=1S/C30H27F2N5O3/c1-2-15-35-20-27(38)36-26(37(35)30(40)33-17-21-9-5-3-6-10-21)19-34(18-23-13-14-24(31)16-25(23)32)29(39)28(36)22-11-7-4-8-12-22/h1,3-14,16,26,28H,15,17-20H2,(H,33,40)/t26-,28-/m0/s1. The molecule has 204 valence electrons. The summed E-state index contributed by atoms with van der Waals surface area (Å²) in [5.41, 5.74) is 1.53. The van der Waals surface area contributed by atoms with Crippen LogP contribution in [0, 0.1) is 24.0 Å². The van der Waals surface area contributed by atoms with Crippen LogP contribution in [-0.4, -0.2) is 63.5 Å². The van der Waals surface area contributed by atoms with Gasteiger partial charge in [0.2, 0.25) is 5.91 Å². The minimum atomic E-state index is -1.06. The normalized spacial score (nSPS) is 19.3. The fourth-order valence-electron chi connectivity index (χ4n) is 5.14. The summed E-state index contributed by atoms with van der Waals surface area (Å²) in [6.45, 7) is -0.285.